The molecular formula is C21H31N3O2. The second-order valence-corrected chi connectivity index (χ2v) is 7.76. The van der Waals surface area contributed by atoms with E-state index >= 15 is 0 Å². The zero-order valence-electron chi connectivity index (χ0n) is 15.8. The van der Waals surface area contributed by atoms with Crippen molar-refractivity contribution in [1.29, 1.82) is 0 Å². The predicted molar refractivity (Wildman–Crippen MR) is 103 cm³/mol. The van der Waals surface area contributed by atoms with Crippen molar-refractivity contribution in [1.82, 2.24) is 15.5 Å². The molecule has 1 aromatic rings. The second-order valence-electron chi connectivity index (χ2n) is 7.76. The van der Waals surface area contributed by atoms with Crippen LogP contribution in [0.25, 0.3) is 0 Å². The molecule has 0 saturated carbocycles. The van der Waals surface area contributed by atoms with E-state index in [1.807, 2.05) is 4.90 Å². The lowest BCUT2D eigenvalue weighted by molar-refractivity contribution is -0.135. The first-order valence-corrected chi connectivity index (χ1v) is 9.93. The Morgan fingerprint density at radius 2 is 1.88 bits per heavy atom. The zero-order valence-corrected chi connectivity index (χ0v) is 15.8. The molecule has 2 fully saturated rings. The first kappa shape index (κ1) is 18.9. The topological polar surface area (TPSA) is 61.4 Å². The molecule has 2 heterocycles. The van der Waals surface area contributed by atoms with Gasteiger partial charge in [0.2, 0.25) is 11.8 Å². The maximum Gasteiger partial charge on any atom is 0.223 e. The van der Waals surface area contributed by atoms with E-state index in [1.165, 1.54) is 12.0 Å². The van der Waals surface area contributed by atoms with Crippen molar-refractivity contribution in [2.24, 2.45) is 11.8 Å². The number of nitrogens with zero attached hydrogens (tertiary/aromatic N) is 1. The highest BCUT2D eigenvalue weighted by Crippen LogP contribution is 2.20. The summed E-state index contributed by atoms with van der Waals surface area (Å²) in [5, 5.41) is 6.40. The lowest BCUT2D eigenvalue weighted by Crippen LogP contribution is -2.43. The highest BCUT2D eigenvalue weighted by atomic mass is 16.2. The smallest absolute Gasteiger partial charge is 0.223 e. The fraction of sp³-hybridized carbons (Fsp3) is 0.619. The predicted octanol–water partition coefficient (Wildman–Crippen LogP) is 2.24. The molecule has 0 spiro atoms. The minimum atomic E-state index is 0.0310. The van der Waals surface area contributed by atoms with Crippen molar-refractivity contribution in [2.45, 2.75) is 45.6 Å². The van der Waals surface area contributed by atoms with Gasteiger partial charge in [-0.15, -0.1) is 0 Å². The number of hydrogen-bond donors (Lipinski definition) is 2. The third kappa shape index (κ3) is 5.31. The molecular weight excluding hydrogens is 326 g/mol. The maximum atomic E-state index is 12.4. The van der Waals surface area contributed by atoms with Crippen LogP contribution in [0.4, 0.5) is 0 Å². The van der Waals surface area contributed by atoms with E-state index < -0.39 is 0 Å². The fourth-order valence-corrected chi connectivity index (χ4v) is 3.88. The average molecular weight is 357 g/mol. The number of amides is 2. The van der Waals surface area contributed by atoms with Crippen LogP contribution < -0.4 is 10.6 Å². The fourth-order valence-electron chi connectivity index (χ4n) is 3.88. The quantitative estimate of drug-likeness (QED) is 0.821. The van der Waals surface area contributed by atoms with Crippen LogP contribution in [-0.4, -0.2) is 42.9 Å². The summed E-state index contributed by atoms with van der Waals surface area (Å²) in [4.78, 5) is 26.7. The summed E-state index contributed by atoms with van der Waals surface area (Å²) in [7, 11) is 0. The molecule has 5 nitrogen and oxygen atoms in total. The van der Waals surface area contributed by atoms with Crippen LogP contribution in [0.3, 0.4) is 0 Å². The molecule has 2 amide bonds. The van der Waals surface area contributed by atoms with E-state index in [-0.39, 0.29) is 17.7 Å². The molecule has 0 aromatic heterocycles. The molecule has 1 aromatic carbocycles. The van der Waals surface area contributed by atoms with Crippen molar-refractivity contribution in [3.8, 4) is 0 Å². The van der Waals surface area contributed by atoms with Gasteiger partial charge in [0.25, 0.3) is 0 Å². The summed E-state index contributed by atoms with van der Waals surface area (Å²) >= 11 is 0. The molecule has 1 atom stereocenters. The Bertz CT molecular complexity index is 600. The van der Waals surface area contributed by atoms with E-state index in [4.69, 9.17) is 0 Å². The lowest BCUT2D eigenvalue weighted by Gasteiger charge is -2.31. The third-order valence-corrected chi connectivity index (χ3v) is 5.73. The number of likely N-dealkylation sites (tertiary alicyclic amines) is 1. The Morgan fingerprint density at radius 1 is 1.15 bits per heavy atom. The second kappa shape index (κ2) is 9.17. The highest BCUT2D eigenvalue weighted by Gasteiger charge is 2.27. The minimum Gasteiger partial charge on any atom is -0.352 e. The van der Waals surface area contributed by atoms with Crippen LogP contribution in [0.1, 0.15) is 43.2 Å². The van der Waals surface area contributed by atoms with E-state index in [2.05, 4.69) is 41.8 Å². The van der Waals surface area contributed by atoms with Crippen LogP contribution in [-0.2, 0) is 16.1 Å². The van der Waals surface area contributed by atoms with Crippen LogP contribution >= 0.6 is 0 Å². The standard InChI is InChI=1S/C21H31N3O2/c1-16-2-4-17(5-3-16)15-23-21(26)19-9-12-24(13-10-19)20(25)7-6-18-8-11-22-14-18/h2-5,18-19,22H,6-15H2,1H3,(H,23,26). The Hall–Kier alpha value is -1.88. The first-order chi connectivity index (χ1) is 12.6. The molecule has 3 rings (SSSR count). The normalized spacial score (nSPS) is 21.0. The zero-order chi connectivity index (χ0) is 18.4. The Balaban J connectivity index is 1.36. The van der Waals surface area contributed by atoms with Gasteiger partial charge in [-0.1, -0.05) is 29.8 Å². The summed E-state index contributed by atoms with van der Waals surface area (Å²) in [6, 6.07) is 8.23. The first-order valence-electron chi connectivity index (χ1n) is 9.93. The Morgan fingerprint density at radius 3 is 2.54 bits per heavy atom. The SMILES string of the molecule is Cc1ccc(CNC(=O)C2CCN(C(=O)CCC3CCNC3)CC2)cc1. The molecule has 142 valence electrons. The summed E-state index contributed by atoms with van der Waals surface area (Å²) in [5.41, 5.74) is 2.35. The third-order valence-electron chi connectivity index (χ3n) is 5.73. The number of rotatable bonds is 6. The number of carbonyl (C=O) groups is 2. The summed E-state index contributed by atoms with van der Waals surface area (Å²) in [6.07, 6.45) is 4.38. The van der Waals surface area contributed by atoms with Gasteiger partial charge < -0.3 is 15.5 Å². The number of piperidine rings is 1. The highest BCUT2D eigenvalue weighted by molar-refractivity contribution is 5.80. The molecule has 2 saturated heterocycles. The number of nitrogens with one attached hydrogen (secondary N) is 2. The molecule has 0 radical (unpaired) electrons. The Labute approximate surface area is 156 Å². The van der Waals surface area contributed by atoms with E-state index in [1.54, 1.807) is 0 Å². The molecule has 26 heavy (non-hydrogen) atoms. The number of benzene rings is 1. The molecule has 2 aliphatic heterocycles. The monoisotopic (exact) mass is 357 g/mol. The van der Waals surface area contributed by atoms with Gasteiger partial charge in [0, 0.05) is 32.0 Å². The van der Waals surface area contributed by atoms with Gasteiger partial charge in [-0.25, -0.2) is 0 Å². The van der Waals surface area contributed by atoms with E-state index in [9.17, 15) is 9.59 Å². The lowest BCUT2D eigenvalue weighted by atomic mass is 9.95. The molecule has 1 unspecified atom stereocenters. The number of carbonyl (C=O) groups excluding carboxylic acids is 2. The minimum absolute atomic E-state index is 0.0310. The van der Waals surface area contributed by atoms with Gasteiger partial charge in [0.1, 0.15) is 0 Å². The van der Waals surface area contributed by atoms with Crippen LogP contribution in [0.5, 0.6) is 0 Å². The van der Waals surface area contributed by atoms with E-state index in [0.29, 0.717) is 32.0 Å². The number of aryl methyl sites for hydroxylation is 1. The van der Waals surface area contributed by atoms with E-state index in [0.717, 1.165) is 37.9 Å². The molecule has 2 aliphatic rings. The average Bonchev–Trinajstić information content (AvgIpc) is 3.19. The molecule has 5 heteroatoms. The Kier molecular flexibility index (Phi) is 6.67. The molecule has 0 aliphatic carbocycles. The van der Waals surface area contributed by atoms with Crippen molar-refractivity contribution in [3.05, 3.63) is 35.4 Å². The van der Waals surface area contributed by atoms with Crippen molar-refractivity contribution >= 4 is 11.8 Å². The maximum absolute atomic E-state index is 12.4. The van der Waals surface area contributed by atoms with Gasteiger partial charge >= 0.3 is 0 Å². The summed E-state index contributed by atoms with van der Waals surface area (Å²) < 4.78 is 0. The van der Waals surface area contributed by atoms with Crippen molar-refractivity contribution < 1.29 is 9.59 Å². The van der Waals surface area contributed by atoms with Gasteiger partial charge in [-0.3, -0.25) is 9.59 Å². The van der Waals surface area contributed by atoms with Gasteiger partial charge in [-0.05, 0) is 57.2 Å². The summed E-state index contributed by atoms with van der Waals surface area (Å²) in [5.74, 6) is 1.07. The van der Waals surface area contributed by atoms with Crippen molar-refractivity contribution in [2.75, 3.05) is 26.2 Å². The summed E-state index contributed by atoms with van der Waals surface area (Å²) in [6.45, 7) is 6.20. The molecule has 0 bridgehead atoms. The van der Waals surface area contributed by atoms with Gasteiger partial charge in [0.15, 0.2) is 0 Å². The van der Waals surface area contributed by atoms with Crippen LogP contribution in [0.2, 0.25) is 0 Å². The van der Waals surface area contributed by atoms with Gasteiger partial charge in [0.05, 0.1) is 0 Å². The number of hydrogen-bond acceptors (Lipinski definition) is 3. The van der Waals surface area contributed by atoms with Crippen LogP contribution in [0, 0.1) is 18.8 Å². The molecule has 2 N–H and O–H groups in total. The van der Waals surface area contributed by atoms with Crippen molar-refractivity contribution in [3.63, 3.8) is 0 Å². The van der Waals surface area contributed by atoms with Crippen LogP contribution in [0.15, 0.2) is 24.3 Å². The van der Waals surface area contributed by atoms with Gasteiger partial charge in [-0.2, -0.15) is 0 Å². The largest absolute Gasteiger partial charge is 0.352 e.